The van der Waals surface area contributed by atoms with Gasteiger partial charge in [0.1, 0.15) is 0 Å². The first-order chi connectivity index (χ1) is 11.1. The fourth-order valence-electron chi connectivity index (χ4n) is 3.78. The molecule has 0 aromatic heterocycles. The highest BCUT2D eigenvalue weighted by molar-refractivity contribution is 5.87. The van der Waals surface area contributed by atoms with Gasteiger partial charge in [-0.2, -0.15) is 0 Å². The smallest absolute Gasteiger partial charge is 0.226 e. The van der Waals surface area contributed by atoms with Gasteiger partial charge in [-0.3, -0.25) is 9.59 Å². The number of rotatable bonds is 3. The van der Waals surface area contributed by atoms with Gasteiger partial charge >= 0.3 is 0 Å². The minimum Gasteiger partial charge on any atom is -0.346 e. The molecule has 24 heavy (non-hydrogen) atoms. The Balaban J connectivity index is 0.00000208. The average molecular weight is 352 g/mol. The van der Waals surface area contributed by atoms with Crippen LogP contribution in [0.4, 0.5) is 0 Å². The predicted molar refractivity (Wildman–Crippen MR) is 95.9 cm³/mol. The number of carbonyl (C=O) groups excluding carboxylic acids is 2. The minimum atomic E-state index is -0.161. The van der Waals surface area contributed by atoms with E-state index < -0.39 is 0 Å². The van der Waals surface area contributed by atoms with Crippen molar-refractivity contribution < 1.29 is 9.59 Å². The molecule has 0 aliphatic carbocycles. The molecule has 2 N–H and O–H groups in total. The van der Waals surface area contributed by atoms with Crippen LogP contribution in [-0.4, -0.2) is 54.8 Å². The third kappa shape index (κ3) is 3.73. The second kappa shape index (κ2) is 7.99. The topological polar surface area (TPSA) is 66.6 Å². The normalized spacial score (nSPS) is 27.1. The number of hydrogen-bond acceptors (Lipinski definition) is 3. The molecule has 2 fully saturated rings. The average Bonchev–Trinajstić information content (AvgIpc) is 3.02. The molecule has 3 atom stereocenters. The van der Waals surface area contributed by atoms with E-state index in [4.69, 9.17) is 5.73 Å². The van der Waals surface area contributed by atoms with Crippen molar-refractivity contribution in [1.82, 2.24) is 9.80 Å². The van der Waals surface area contributed by atoms with Gasteiger partial charge in [-0.05, 0) is 24.4 Å². The minimum absolute atomic E-state index is 0. The van der Waals surface area contributed by atoms with Crippen LogP contribution in [0.2, 0.25) is 0 Å². The predicted octanol–water partition coefficient (Wildman–Crippen LogP) is 1.48. The van der Waals surface area contributed by atoms with Crippen LogP contribution >= 0.6 is 12.4 Å². The second-order valence-corrected chi connectivity index (χ2v) is 6.76. The number of nitrogens with zero attached hydrogens (tertiary/aromatic N) is 2. The van der Waals surface area contributed by atoms with Crippen molar-refractivity contribution >= 4 is 24.2 Å². The van der Waals surface area contributed by atoms with Crippen molar-refractivity contribution in [2.24, 2.45) is 17.6 Å². The molecule has 1 unspecified atom stereocenters. The summed E-state index contributed by atoms with van der Waals surface area (Å²) in [5.41, 5.74) is 7.19. The Kier molecular flexibility index (Phi) is 6.24. The summed E-state index contributed by atoms with van der Waals surface area (Å²) < 4.78 is 0. The zero-order valence-electron chi connectivity index (χ0n) is 14.1. The standard InChI is InChI=1S/C18H25N3O2.ClH/c1-20-8-7-14(9-17(20)22)18(23)21-11-15(10-19)16(12-21)13-5-3-2-4-6-13;/h2-6,14-16H,7-12,19H2,1H3;1H/t14?,15-,16+;/m1./s1. The first-order valence-electron chi connectivity index (χ1n) is 8.38. The zero-order chi connectivity index (χ0) is 16.4. The Hall–Kier alpha value is -1.59. The Bertz CT molecular complexity index is 581. The number of nitrogens with two attached hydrogens (primary N) is 1. The third-order valence-electron chi connectivity index (χ3n) is 5.29. The van der Waals surface area contributed by atoms with Crippen LogP contribution < -0.4 is 5.73 Å². The van der Waals surface area contributed by atoms with E-state index in [1.165, 1.54) is 5.56 Å². The van der Waals surface area contributed by atoms with Crippen molar-refractivity contribution in [3.05, 3.63) is 35.9 Å². The number of piperidine rings is 1. The summed E-state index contributed by atoms with van der Waals surface area (Å²) in [4.78, 5) is 28.3. The van der Waals surface area contributed by atoms with Gasteiger partial charge < -0.3 is 15.5 Å². The second-order valence-electron chi connectivity index (χ2n) is 6.76. The highest BCUT2D eigenvalue weighted by Gasteiger charge is 2.39. The van der Waals surface area contributed by atoms with Gasteiger partial charge in [0.25, 0.3) is 0 Å². The molecule has 2 amide bonds. The van der Waals surface area contributed by atoms with E-state index in [2.05, 4.69) is 12.1 Å². The van der Waals surface area contributed by atoms with E-state index in [-0.39, 0.29) is 30.1 Å². The van der Waals surface area contributed by atoms with Crippen molar-refractivity contribution in [3.8, 4) is 0 Å². The lowest BCUT2D eigenvalue weighted by Gasteiger charge is -2.30. The maximum Gasteiger partial charge on any atom is 0.226 e. The van der Waals surface area contributed by atoms with Gasteiger partial charge in [0, 0.05) is 44.9 Å². The molecule has 2 aliphatic rings. The van der Waals surface area contributed by atoms with Crippen molar-refractivity contribution in [2.75, 3.05) is 33.2 Å². The quantitative estimate of drug-likeness (QED) is 0.897. The monoisotopic (exact) mass is 351 g/mol. The highest BCUT2D eigenvalue weighted by atomic mass is 35.5. The summed E-state index contributed by atoms with van der Waals surface area (Å²) in [7, 11) is 1.80. The summed E-state index contributed by atoms with van der Waals surface area (Å²) in [5.74, 6) is 0.634. The van der Waals surface area contributed by atoms with E-state index in [1.54, 1.807) is 11.9 Å². The number of carbonyl (C=O) groups is 2. The van der Waals surface area contributed by atoms with Crippen LogP contribution in [0.25, 0.3) is 0 Å². The molecule has 3 rings (SSSR count). The highest BCUT2D eigenvalue weighted by Crippen LogP contribution is 2.33. The van der Waals surface area contributed by atoms with Crippen LogP contribution in [0.15, 0.2) is 30.3 Å². The van der Waals surface area contributed by atoms with Gasteiger partial charge in [-0.1, -0.05) is 30.3 Å². The van der Waals surface area contributed by atoms with E-state index >= 15 is 0 Å². The molecule has 0 radical (unpaired) electrons. The van der Waals surface area contributed by atoms with E-state index in [0.29, 0.717) is 44.4 Å². The summed E-state index contributed by atoms with van der Waals surface area (Å²) in [6, 6.07) is 10.3. The molecule has 5 nitrogen and oxygen atoms in total. The van der Waals surface area contributed by atoms with Gasteiger partial charge in [0.15, 0.2) is 0 Å². The summed E-state index contributed by atoms with van der Waals surface area (Å²) in [6.07, 6.45) is 1.11. The van der Waals surface area contributed by atoms with Gasteiger partial charge in [0.2, 0.25) is 11.8 Å². The van der Waals surface area contributed by atoms with E-state index in [1.807, 2.05) is 23.1 Å². The molecule has 1 aromatic carbocycles. The maximum absolute atomic E-state index is 12.8. The number of benzene rings is 1. The van der Waals surface area contributed by atoms with Crippen LogP contribution in [-0.2, 0) is 9.59 Å². The summed E-state index contributed by atoms with van der Waals surface area (Å²) >= 11 is 0. The lowest BCUT2D eigenvalue weighted by Crippen LogP contribution is -2.43. The Morgan fingerprint density at radius 3 is 2.58 bits per heavy atom. The molecule has 0 spiro atoms. The first-order valence-corrected chi connectivity index (χ1v) is 8.38. The molecule has 0 bridgehead atoms. The first kappa shape index (κ1) is 18.7. The van der Waals surface area contributed by atoms with Crippen LogP contribution in [0.1, 0.15) is 24.3 Å². The van der Waals surface area contributed by atoms with Crippen LogP contribution in [0.3, 0.4) is 0 Å². The lowest BCUT2D eigenvalue weighted by molar-refractivity contribution is -0.143. The fraction of sp³-hybridized carbons (Fsp3) is 0.556. The maximum atomic E-state index is 12.8. The summed E-state index contributed by atoms with van der Waals surface area (Å²) in [5, 5.41) is 0. The molecule has 1 aromatic rings. The molecule has 2 heterocycles. The fourth-order valence-corrected chi connectivity index (χ4v) is 3.78. The molecule has 0 saturated carbocycles. The number of halogens is 1. The molecular weight excluding hydrogens is 326 g/mol. The molecule has 2 aliphatic heterocycles. The Morgan fingerprint density at radius 2 is 1.96 bits per heavy atom. The molecular formula is C18H26ClN3O2. The number of amides is 2. The van der Waals surface area contributed by atoms with E-state index in [0.717, 1.165) is 6.42 Å². The van der Waals surface area contributed by atoms with Gasteiger partial charge in [0.05, 0.1) is 0 Å². The largest absolute Gasteiger partial charge is 0.346 e. The van der Waals surface area contributed by atoms with Gasteiger partial charge in [-0.25, -0.2) is 0 Å². The lowest BCUT2D eigenvalue weighted by atomic mass is 9.89. The van der Waals surface area contributed by atoms with Crippen LogP contribution in [0, 0.1) is 11.8 Å². The Morgan fingerprint density at radius 1 is 1.25 bits per heavy atom. The zero-order valence-corrected chi connectivity index (χ0v) is 14.9. The van der Waals surface area contributed by atoms with Crippen LogP contribution in [0.5, 0.6) is 0 Å². The Labute approximate surface area is 149 Å². The molecule has 6 heteroatoms. The van der Waals surface area contributed by atoms with Crippen molar-refractivity contribution in [2.45, 2.75) is 18.8 Å². The summed E-state index contributed by atoms with van der Waals surface area (Å²) in [6.45, 7) is 2.67. The SMILES string of the molecule is CN1CCC(C(=O)N2C[C@@H](CN)[C@H](c3ccccc3)C2)CC1=O.Cl. The molecule has 132 valence electrons. The third-order valence-corrected chi connectivity index (χ3v) is 5.29. The number of hydrogen-bond donors (Lipinski definition) is 1. The van der Waals surface area contributed by atoms with Gasteiger partial charge in [-0.15, -0.1) is 12.4 Å². The van der Waals surface area contributed by atoms with E-state index in [9.17, 15) is 9.59 Å². The number of likely N-dealkylation sites (tertiary alicyclic amines) is 2. The van der Waals surface area contributed by atoms with Crippen molar-refractivity contribution in [1.29, 1.82) is 0 Å². The van der Waals surface area contributed by atoms with Crippen molar-refractivity contribution in [3.63, 3.8) is 0 Å². The molecule has 2 saturated heterocycles.